The number of hydrogen-bond acceptors (Lipinski definition) is 5. The highest BCUT2D eigenvalue weighted by molar-refractivity contribution is 7.07. The largest absolute Gasteiger partial charge is 0.377 e. The van der Waals surface area contributed by atoms with Crippen molar-refractivity contribution in [1.82, 2.24) is 14.7 Å². The lowest BCUT2D eigenvalue weighted by Gasteiger charge is -2.31. The topological polar surface area (TPSA) is 39.5 Å². The maximum atomic E-state index is 6.47. The van der Waals surface area contributed by atoms with Crippen LogP contribution in [0.1, 0.15) is 18.4 Å². The average Bonchev–Trinajstić information content (AvgIpc) is 3.25. The van der Waals surface area contributed by atoms with Gasteiger partial charge in [0.25, 0.3) is 0 Å². The van der Waals surface area contributed by atoms with E-state index in [2.05, 4.69) is 26.8 Å². The summed E-state index contributed by atoms with van der Waals surface area (Å²) in [6.45, 7) is 5.26. The quantitative estimate of drug-likeness (QED) is 0.861. The fourth-order valence-electron chi connectivity index (χ4n) is 3.62. The molecule has 2 atom stereocenters. The zero-order chi connectivity index (χ0) is 15.5. The summed E-state index contributed by atoms with van der Waals surface area (Å²) in [7, 11) is 0. The van der Waals surface area contributed by atoms with Crippen molar-refractivity contribution in [3.8, 4) is 0 Å². The lowest BCUT2D eigenvalue weighted by atomic mass is 10.00. The molecule has 2 aliphatic rings. The molecular weight excluding hydrogens is 310 g/mol. The Morgan fingerprint density at radius 2 is 2.43 bits per heavy atom. The summed E-state index contributed by atoms with van der Waals surface area (Å²) >= 11 is 1.76. The summed E-state index contributed by atoms with van der Waals surface area (Å²) < 4.78 is 14.3. The summed E-state index contributed by atoms with van der Waals surface area (Å²) in [6, 6.07) is 4.17. The van der Waals surface area contributed by atoms with E-state index >= 15 is 0 Å². The molecule has 4 heterocycles. The second kappa shape index (κ2) is 6.73. The van der Waals surface area contributed by atoms with Crippen LogP contribution >= 0.6 is 11.3 Å². The molecule has 5 nitrogen and oxygen atoms in total. The molecule has 124 valence electrons. The summed E-state index contributed by atoms with van der Waals surface area (Å²) in [5, 5.41) is 8.67. The van der Waals surface area contributed by atoms with Crippen molar-refractivity contribution in [1.29, 1.82) is 0 Å². The van der Waals surface area contributed by atoms with Crippen molar-refractivity contribution >= 4 is 11.3 Å². The van der Waals surface area contributed by atoms with Crippen LogP contribution in [0.2, 0.25) is 0 Å². The van der Waals surface area contributed by atoms with Crippen LogP contribution in [0.3, 0.4) is 0 Å². The molecule has 2 aliphatic heterocycles. The van der Waals surface area contributed by atoms with Gasteiger partial charge in [-0.15, -0.1) is 0 Å². The Morgan fingerprint density at radius 3 is 3.26 bits per heavy atom. The molecule has 2 fully saturated rings. The van der Waals surface area contributed by atoms with Gasteiger partial charge in [-0.25, -0.2) is 0 Å². The molecule has 6 heteroatoms. The molecule has 0 bridgehead atoms. The van der Waals surface area contributed by atoms with Gasteiger partial charge in [0.2, 0.25) is 0 Å². The zero-order valence-corrected chi connectivity index (χ0v) is 14.1. The molecule has 0 radical (unpaired) electrons. The van der Waals surface area contributed by atoms with Crippen LogP contribution in [0, 0.1) is 0 Å². The van der Waals surface area contributed by atoms with Gasteiger partial charge in [0.05, 0.1) is 25.9 Å². The Balaban J connectivity index is 1.40. The molecule has 1 spiro atoms. The monoisotopic (exact) mass is 333 g/mol. The van der Waals surface area contributed by atoms with E-state index in [-0.39, 0.29) is 11.7 Å². The molecule has 2 saturated heterocycles. The Labute approximate surface area is 140 Å². The lowest BCUT2D eigenvalue weighted by Crippen LogP contribution is -2.44. The van der Waals surface area contributed by atoms with Gasteiger partial charge >= 0.3 is 0 Å². The molecule has 0 N–H and O–H groups in total. The van der Waals surface area contributed by atoms with Crippen molar-refractivity contribution < 1.29 is 9.47 Å². The lowest BCUT2D eigenvalue weighted by molar-refractivity contribution is -0.0904. The number of aromatic nitrogens is 2. The Kier molecular flexibility index (Phi) is 4.48. The Bertz CT molecular complexity index is 601. The van der Waals surface area contributed by atoms with Crippen LogP contribution < -0.4 is 0 Å². The first-order chi connectivity index (χ1) is 11.3. The molecule has 4 rings (SSSR count). The predicted octanol–water partition coefficient (Wildman–Crippen LogP) is 2.39. The van der Waals surface area contributed by atoms with Crippen LogP contribution in [0.15, 0.2) is 35.3 Å². The van der Waals surface area contributed by atoms with Crippen LogP contribution in [0.5, 0.6) is 0 Å². The standard InChI is InChI=1S/C17H23N3O2S/c1-5-18-20(6-1)11-16-2-4-17(22-16)13-19(7-8-21-14-17)10-15-3-9-23-12-15/h1,3,5-6,9,12,16H,2,4,7-8,10-11,13-14H2/t16-,17-/m1/s1. The van der Waals surface area contributed by atoms with Crippen molar-refractivity contribution in [2.24, 2.45) is 0 Å². The second-order valence-electron chi connectivity index (χ2n) is 6.58. The van der Waals surface area contributed by atoms with Gasteiger partial charge in [-0.05, 0) is 41.3 Å². The van der Waals surface area contributed by atoms with E-state index in [0.29, 0.717) is 6.61 Å². The van der Waals surface area contributed by atoms with Crippen LogP contribution in [0.25, 0.3) is 0 Å². The number of hydrogen-bond donors (Lipinski definition) is 0. The molecular formula is C17H23N3O2S. The minimum atomic E-state index is -0.148. The number of rotatable bonds is 4. The van der Waals surface area contributed by atoms with Crippen LogP contribution in [-0.2, 0) is 22.6 Å². The van der Waals surface area contributed by atoms with E-state index in [1.54, 1.807) is 11.3 Å². The van der Waals surface area contributed by atoms with Gasteiger partial charge in [0.1, 0.15) is 5.60 Å². The van der Waals surface area contributed by atoms with Crippen molar-refractivity contribution in [2.45, 2.75) is 37.6 Å². The number of ether oxygens (including phenoxy) is 2. The summed E-state index contributed by atoms with van der Waals surface area (Å²) in [5.74, 6) is 0. The molecule has 0 unspecified atom stereocenters. The Hall–Kier alpha value is -1.21. The first-order valence-corrected chi connectivity index (χ1v) is 9.22. The fourth-order valence-corrected chi connectivity index (χ4v) is 4.28. The van der Waals surface area contributed by atoms with E-state index in [9.17, 15) is 0 Å². The SMILES string of the molecule is c1cnn(C[C@H]2CC[C@@]3(COCCN(Cc4ccsc4)C3)O2)c1. The second-order valence-corrected chi connectivity index (χ2v) is 7.36. The van der Waals surface area contributed by atoms with Crippen molar-refractivity contribution in [3.05, 3.63) is 40.8 Å². The molecule has 0 aromatic carbocycles. The zero-order valence-electron chi connectivity index (χ0n) is 13.3. The molecule has 0 saturated carbocycles. The summed E-state index contributed by atoms with van der Waals surface area (Å²) in [5.41, 5.74) is 1.24. The predicted molar refractivity (Wildman–Crippen MR) is 89.5 cm³/mol. The maximum Gasteiger partial charge on any atom is 0.105 e. The highest BCUT2D eigenvalue weighted by Gasteiger charge is 2.43. The van der Waals surface area contributed by atoms with Gasteiger partial charge < -0.3 is 9.47 Å². The smallest absolute Gasteiger partial charge is 0.105 e. The first kappa shape index (κ1) is 15.3. The van der Waals surface area contributed by atoms with Gasteiger partial charge in [-0.3, -0.25) is 9.58 Å². The highest BCUT2D eigenvalue weighted by Crippen LogP contribution is 2.34. The van der Waals surface area contributed by atoms with E-state index in [1.165, 1.54) is 5.56 Å². The van der Waals surface area contributed by atoms with Gasteiger partial charge in [0.15, 0.2) is 0 Å². The van der Waals surface area contributed by atoms with Crippen molar-refractivity contribution in [3.63, 3.8) is 0 Å². The van der Waals surface area contributed by atoms with E-state index < -0.39 is 0 Å². The van der Waals surface area contributed by atoms with E-state index in [0.717, 1.165) is 45.6 Å². The third-order valence-corrected chi connectivity index (χ3v) is 5.44. The molecule has 2 aromatic rings. The highest BCUT2D eigenvalue weighted by atomic mass is 32.1. The minimum Gasteiger partial charge on any atom is -0.377 e. The third-order valence-electron chi connectivity index (χ3n) is 4.70. The molecule has 0 aliphatic carbocycles. The summed E-state index contributed by atoms with van der Waals surface area (Å²) in [6.07, 6.45) is 6.21. The number of thiophene rings is 1. The fraction of sp³-hybridized carbons (Fsp3) is 0.588. The van der Waals surface area contributed by atoms with Gasteiger partial charge in [0, 0.05) is 32.0 Å². The van der Waals surface area contributed by atoms with Crippen molar-refractivity contribution in [2.75, 3.05) is 26.3 Å². The van der Waals surface area contributed by atoms with E-state index in [4.69, 9.17) is 9.47 Å². The average molecular weight is 333 g/mol. The normalized spacial score (nSPS) is 29.1. The molecule has 23 heavy (non-hydrogen) atoms. The van der Waals surface area contributed by atoms with Gasteiger partial charge in [-0.1, -0.05) is 0 Å². The third kappa shape index (κ3) is 3.66. The van der Waals surface area contributed by atoms with Gasteiger partial charge in [-0.2, -0.15) is 16.4 Å². The number of nitrogens with zero attached hydrogens (tertiary/aromatic N) is 3. The Morgan fingerprint density at radius 1 is 1.43 bits per heavy atom. The van der Waals surface area contributed by atoms with E-state index in [1.807, 2.05) is 23.1 Å². The minimum absolute atomic E-state index is 0.148. The van der Waals surface area contributed by atoms with Crippen LogP contribution in [-0.4, -0.2) is 52.7 Å². The summed E-state index contributed by atoms with van der Waals surface area (Å²) in [4.78, 5) is 2.48. The maximum absolute atomic E-state index is 6.47. The first-order valence-electron chi connectivity index (χ1n) is 8.28. The molecule has 0 amide bonds. The molecule has 2 aromatic heterocycles. The van der Waals surface area contributed by atoms with Crippen LogP contribution in [0.4, 0.5) is 0 Å².